The van der Waals surface area contributed by atoms with E-state index < -0.39 is 5.41 Å². The molecule has 0 saturated carbocycles. The van der Waals surface area contributed by atoms with Crippen molar-refractivity contribution in [2.24, 2.45) is 0 Å². The monoisotopic (exact) mass is 425 g/mol. The molecule has 4 aromatic rings. The van der Waals surface area contributed by atoms with Crippen molar-refractivity contribution in [1.82, 2.24) is 0 Å². The van der Waals surface area contributed by atoms with E-state index in [1.807, 2.05) is 36.8 Å². The minimum atomic E-state index is -0.415. The van der Waals surface area contributed by atoms with E-state index in [4.69, 9.17) is 20.4 Å². The Labute approximate surface area is 178 Å². The van der Waals surface area contributed by atoms with Crippen molar-refractivity contribution in [1.29, 1.82) is 0 Å². The van der Waals surface area contributed by atoms with Crippen molar-refractivity contribution in [3.05, 3.63) is 107 Å². The second-order valence-electron chi connectivity index (χ2n) is 7.58. The summed E-state index contributed by atoms with van der Waals surface area (Å²) in [6, 6.07) is 14.2. The molecule has 4 nitrogen and oxygen atoms in total. The van der Waals surface area contributed by atoms with Gasteiger partial charge < -0.3 is 26.3 Å². The third-order valence-electron chi connectivity index (χ3n) is 6.48. The van der Waals surface area contributed by atoms with Crippen molar-refractivity contribution in [2.45, 2.75) is 23.8 Å². The zero-order chi connectivity index (χ0) is 18.9. The van der Waals surface area contributed by atoms with Gasteiger partial charge in [0.15, 0.2) is 17.9 Å². The highest BCUT2D eigenvalue weighted by molar-refractivity contribution is 6.32. The van der Waals surface area contributed by atoms with Gasteiger partial charge in [-0.3, -0.25) is 0 Å². The van der Waals surface area contributed by atoms with Crippen molar-refractivity contribution in [3.8, 4) is 5.75 Å². The zero-order valence-electron chi connectivity index (χ0n) is 15.3. The Hall–Kier alpha value is -2.69. The summed E-state index contributed by atoms with van der Waals surface area (Å²) in [4.78, 5) is 0. The highest BCUT2D eigenvalue weighted by Gasteiger charge is 2.61. The van der Waals surface area contributed by atoms with Crippen LogP contribution in [0.1, 0.15) is 46.3 Å². The first kappa shape index (κ1) is 18.3. The quantitative estimate of drug-likeness (QED) is 0.499. The molecular weight excluding hydrogens is 409 g/mol. The molecule has 5 heterocycles. The van der Waals surface area contributed by atoms with E-state index in [-0.39, 0.29) is 30.1 Å². The van der Waals surface area contributed by atoms with Gasteiger partial charge in [-0.25, -0.2) is 0 Å². The van der Waals surface area contributed by atoms with E-state index in [2.05, 4.69) is 22.9 Å². The maximum absolute atomic E-state index is 11.0. The summed E-state index contributed by atoms with van der Waals surface area (Å²) in [5.74, 6) is 0.0444. The molecule has 1 aliphatic carbocycles. The van der Waals surface area contributed by atoms with E-state index in [0.717, 1.165) is 34.4 Å². The zero-order valence-corrected chi connectivity index (χ0v) is 16.8. The van der Waals surface area contributed by atoms with Crippen molar-refractivity contribution < 1.29 is 30.9 Å². The molecule has 3 aromatic heterocycles. The normalized spacial score (nSPS) is 20.6. The lowest BCUT2D eigenvalue weighted by Gasteiger charge is -2.48. The molecule has 2 bridgehead atoms. The first-order valence-electron chi connectivity index (χ1n) is 9.28. The van der Waals surface area contributed by atoms with E-state index in [1.54, 1.807) is 18.6 Å². The van der Waals surface area contributed by atoms with Gasteiger partial charge >= 0.3 is 0 Å². The molecule has 0 unspecified atom stereocenters. The average molecular weight is 426 g/mol. The number of phenolic OH excluding ortho intramolecular Hbond substituents is 1. The summed E-state index contributed by atoms with van der Waals surface area (Å²) in [6.45, 7) is 0. The second kappa shape index (κ2) is 6.41. The Morgan fingerprint density at radius 2 is 1.72 bits per heavy atom. The fraction of sp³-hybridized carbons (Fsp3) is 0.174. The fourth-order valence-electron chi connectivity index (χ4n) is 5.39. The highest BCUT2D eigenvalue weighted by atomic mass is 35.5. The second-order valence-corrected chi connectivity index (χ2v) is 7.99. The first-order valence-corrected chi connectivity index (χ1v) is 9.66. The van der Waals surface area contributed by atoms with E-state index in [1.165, 1.54) is 0 Å². The van der Waals surface area contributed by atoms with E-state index in [0.29, 0.717) is 5.02 Å². The van der Waals surface area contributed by atoms with Gasteiger partial charge in [0.2, 0.25) is 0 Å². The van der Waals surface area contributed by atoms with Crippen LogP contribution >= 0.6 is 11.6 Å². The Morgan fingerprint density at radius 1 is 1.00 bits per heavy atom. The number of halogens is 2. The molecule has 2 atom stereocenters. The van der Waals surface area contributed by atoms with Crippen LogP contribution in [-0.2, 0) is 5.41 Å². The number of fused-ring (bicyclic) bond motifs is 1. The maximum Gasteiger partial charge on any atom is 0.190 e. The van der Waals surface area contributed by atoms with Gasteiger partial charge in [0, 0.05) is 40.8 Å². The van der Waals surface area contributed by atoms with Crippen LogP contribution in [0.25, 0.3) is 0 Å². The lowest BCUT2D eigenvalue weighted by Crippen LogP contribution is -3.00. The molecule has 0 radical (unpaired) electrons. The molecule has 0 spiro atoms. The van der Waals surface area contributed by atoms with Crippen LogP contribution in [-0.4, -0.2) is 5.11 Å². The molecule has 7 rings (SSSR count). The molecule has 1 N–H and O–H groups in total. The largest absolute Gasteiger partial charge is 1.00 e. The average Bonchev–Trinajstić information content (AvgIpc) is 3.45. The Balaban J connectivity index is 0.00000181. The summed E-state index contributed by atoms with van der Waals surface area (Å²) in [6.07, 6.45) is 9.99. The highest BCUT2D eigenvalue weighted by Crippen LogP contribution is 2.61. The van der Waals surface area contributed by atoms with Crippen LogP contribution in [0.4, 0.5) is 0 Å². The van der Waals surface area contributed by atoms with Crippen LogP contribution in [0, 0.1) is 0 Å². The Kier molecular flexibility index (Phi) is 4.05. The van der Waals surface area contributed by atoms with Crippen LogP contribution < -0.4 is 17.0 Å². The molecule has 0 fully saturated rings. The molecule has 6 heteroatoms. The molecular formula is C23H17Cl2NO3. The number of pyridine rings is 1. The van der Waals surface area contributed by atoms with Gasteiger partial charge in [-0.15, -0.1) is 0 Å². The lowest BCUT2D eigenvalue weighted by atomic mass is 9.54. The fourth-order valence-corrected chi connectivity index (χ4v) is 5.55. The molecule has 2 aliphatic heterocycles. The molecule has 3 aliphatic rings. The topological polar surface area (TPSA) is 50.4 Å². The maximum atomic E-state index is 11.0. The van der Waals surface area contributed by atoms with Gasteiger partial charge in [-0.1, -0.05) is 23.7 Å². The number of benzene rings is 1. The summed E-state index contributed by atoms with van der Waals surface area (Å²) in [5, 5.41) is 11.4. The number of nitrogens with zero attached hydrogens (tertiary/aromatic N) is 1. The number of phenols is 1. The van der Waals surface area contributed by atoms with Crippen molar-refractivity contribution >= 4 is 11.6 Å². The Bertz CT molecular complexity index is 1150. The SMILES string of the molecule is Oc1c(Cl)ccc2c1[C@H]1c3cccc[n+]3[C@@H]2CC1(c1ccoc1)c1ccoc1.[Cl-]. The third kappa shape index (κ3) is 2.24. The Morgan fingerprint density at radius 3 is 2.38 bits per heavy atom. The van der Waals surface area contributed by atoms with Crippen molar-refractivity contribution in [3.63, 3.8) is 0 Å². The van der Waals surface area contributed by atoms with E-state index in [9.17, 15) is 5.11 Å². The summed E-state index contributed by atoms with van der Waals surface area (Å²) >= 11 is 6.36. The van der Waals surface area contributed by atoms with Gasteiger partial charge in [0.1, 0.15) is 5.75 Å². The first-order chi connectivity index (χ1) is 13.7. The lowest BCUT2D eigenvalue weighted by molar-refractivity contribution is -0.732. The van der Waals surface area contributed by atoms with Crippen LogP contribution in [0.3, 0.4) is 0 Å². The minimum Gasteiger partial charge on any atom is -1.00 e. The molecule has 1 aromatic carbocycles. The summed E-state index contributed by atoms with van der Waals surface area (Å²) in [5.41, 5.74) is 4.90. The predicted octanol–water partition coefficient (Wildman–Crippen LogP) is 1.95. The van der Waals surface area contributed by atoms with Gasteiger partial charge in [0.05, 0.1) is 41.4 Å². The number of aromatic hydroxyl groups is 1. The number of aromatic nitrogens is 1. The number of hydrogen-bond acceptors (Lipinski definition) is 3. The molecule has 0 saturated heterocycles. The third-order valence-corrected chi connectivity index (χ3v) is 6.79. The summed E-state index contributed by atoms with van der Waals surface area (Å²) in [7, 11) is 0. The van der Waals surface area contributed by atoms with Crippen molar-refractivity contribution in [2.75, 3.05) is 0 Å². The standard InChI is InChI=1S/C23H16ClNO3.ClH/c24-17-5-4-16-19-11-23(14-6-9-27-12-14,15-7-10-28-13-15)21(20(16)22(17)26)18-3-1-2-8-25(18)19;/h1-10,12-13,19,21H,11H2;1H/t19-,21-;/m1./s1. The molecule has 0 amide bonds. The number of rotatable bonds is 2. The summed E-state index contributed by atoms with van der Waals surface area (Å²) < 4.78 is 13.3. The van der Waals surface area contributed by atoms with Gasteiger partial charge in [0.25, 0.3) is 0 Å². The van der Waals surface area contributed by atoms with Crippen LogP contribution in [0.2, 0.25) is 5.02 Å². The van der Waals surface area contributed by atoms with Gasteiger partial charge in [-0.05, 0) is 18.2 Å². The van der Waals surface area contributed by atoms with Gasteiger partial charge in [-0.2, -0.15) is 4.57 Å². The predicted molar refractivity (Wildman–Crippen MR) is 103 cm³/mol. The van der Waals surface area contributed by atoms with Crippen LogP contribution in [0.15, 0.2) is 82.5 Å². The number of furan rings is 2. The van der Waals surface area contributed by atoms with E-state index >= 15 is 0 Å². The minimum absolute atomic E-state index is 0. The number of hydrogen-bond donors (Lipinski definition) is 1. The molecule has 146 valence electrons. The van der Waals surface area contributed by atoms with Crippen LogP contribution in [0.5, 0.6) is 5.75 Å². The smallest absolute Gasteiger partial charge is 0.190 e. The molecule has 29 heavy (non-hydrogen) atoms.